The Morgan fingerprint density at radius 2 is 2.00 bits per heavy atom. The Bertz CT molecular complexity index is 337. The van der Waals surface area contributed by atoms with Gasteiger partial charge in [0.25, 0.3) is 0 Å². The highest BCUT2D eigenvalue weighted by atomic mass is 28.4. The third kappa shape index (κ3) is 2.30. The quantitative estimate of drug-likeness (QED) is 0.740. The summed E-state index contributed by atoms with van der Waals surface area (Å²) in [5, 5.41) is 0. The minimum atomic E-state index is -2.41. The highest BCUT2D eigenvalue weighted by Crippen LogP contribution is 2.39. The Morgan fingerprint density at radius 3 is 2.60 bits per heavy atom. The highest BCUT2D eigenvalue weighted by molar-refractivity contribution is 6.64. The molecule has 0 saturated carbocycles. The van der Waals surface area contributed by atoms with Crippen LogP contribution in [0.2, 0.25) is 12.6 Å². The average Bonchev–Trinajstić information content (AvgIpc) is 2.17. The van der Waals surface area contributed by atoms with Crippen molar-refractivity contribution in [3.05, 3.63) is 35.9 Å². The molecule has 0 aromatic heterocycles. The molecule has 0 spiro atoms. The Labute approximate surface area is 92.2 Å². The molecule has 1 aromatic carbocycles. The predicted octanol–water partition coefficient (Wildman–Crippen LogP) is 2.78. The summed E-state index contributed by atoms with van der Waals surface area (Å²) in [4.78, 5) is 10.1. The fourth-order valence-electron chi connectivity index (χ4n) is 2.34. The largest absolute Gasteiger partial charge is 0.411 e. The van der Waals surface area contributed by atoms with Crippen LogP contribution in [0.1, 0.15) is 25.3 Å². The van der Waals surface area contributed by atoms with Crippen molar-refractivity contribution in [1.82, 2.24) is 0 Å². The van der Waals surface area contributed by atoms with Crippen LogP contribution in [0.25, 0.3) is 0 Å². The topological polar surface area (TPSA) is 29.5 Å². The van der Waals surface area contributed by atoms with Crippen molar-refractivity contribution in [2.45, 2.75) is 38.0 Å². The molecule has 0 bridgehead atoms. The summed E-state index contributed by atoms with van der Waals surface area (Å²) in [6.45, 7) is 3.97. The van der Waals surface area contributed by atoms with Gasteiger partial charge in [0.05, 0.1) is 5.60 Å². The van der Waals surface area contributed by atoms with E-state index in [0.717, 1.165) is 18.9 Å². The molecule has 2 unspecified atom stereocenters. The molecule has 2 rings (SSSR count). The first-order chi connectivity index (χ1) is 7.02. The number of rotatable bonds is 1. The lowest BCUT2D eigenvalue weighted by Crippen LogP contribution is -2.47. The second kappa shape index (κ2) is 3.74. The molecule has 1 aromatic rings. The number of hydrogen-bond acceptors (Lipinski definition) is 2. The van der Waals surface area contributed by atoms with Crippen LogP contribution >= 0.6 is 0 Å². The molecule has 3 heteroatoms. The minimum Gasteiger partial charge on any atom is -0.411 e. The molecular weight excluding hydrogens is 204 g/mol. The van der Waals surface area contributed by atoms with E-state index >= 15 is 0 Å². The molecule has 1 aliphatic heterocycles. The van der Waals surface area contributed by atoms with Gasteiger partial charge in [-0.3, -0.25) is 0 Å². The second-order valence-electron chi connectivity index (χ2n) is 4.73. The smallest absolute Gasteiger partial charge is 0.332 e. The first-order valence-corrected chi connectivity index (χ1v) is 8.06. The van der Waals surface area contributed by atoms with Crippen molar-refractivity contribution in [2.75, 3.05) is 0 Å². The van der Waals surface area contributed by atoms with Gasteiger partial charge in [-0.25, -0.2) is 0 Å². The molecule has 1 saturated heterocycles. The maximum Gasteiger partial charge on any atom is 0.332 e. The molecular formula is C12H18O2Si. The normalized spacial score (nSPS) is 36.5. The molecule has 1 aliphatic rings. The van der Waals surface area contributed by atoms with E-state index in [9.17, 15) is 4.80 Å². The van der Waals surface area contributed by atoms with E-state index < -0.39 is 8.56 Å². The maximum atomic E-state index is 10.1. The Balaban J connectivity index is 2.27. The van der Waals surface area contributed by atoms with Crippen molar-refractivity contribution in [1.29, 1.82) is 0 Å². The summed E-state index contributed by atoms with van der Waals surface area (Å²) in [6, 6.07) is 11.1. The molecule has 1 heterocycles. The number of hydrogen-bond donors (Lipinski definition) is 1. The van der Waals surface area contributed by atoms with Crippen LogP contribution in [-0.2, 0) is 10.0 Å². The van der Waals surface area contributed by atoms with Crippen molar-refractivity contribution in [3.8, 4) is 0 Å². The zero-order valence-electron chi connectivity index (χ0n) is 9.36. The zero-order chi connectivity index (χ0) is 10.9. The van der Waals surface area contributed by atoms with E-state index in [1.807, 2.05) is 24.7 Å². The monoisotopic (exact) mass is 222 g/mol. The lowest BCUT2D eigenvalue weighted by Gasteiger charge is -2.41. The second-order valence-corrected chi connectivity index (χ2v) is 7.78. The van der Waals surface area contributed by atoms with E-state index in [1.54, 1.807) is 0 Å². The summed E-state index contributed by atoms with van der Waals surface area (Å²) in [5.74, 6) is 0. The first kappa shape index (κ1) is 10.9. The molecule has 82 valence electrons. The van der Waals surface area contributed by atoms with Gasteiger partial charge >= 0.3 is 8.56 Å². The highest BCUT2D eigenvalue weighted by Gasteiger charge is 2.42. The van der Waals surface area contributed by atoms with Crippen LogP contribution in [0.15, 0.2) is 30.3 Å². The number of benzene rings is 1. The summed E-state index contributed by atoms with van der Waals surface area (Å²) >= 11 is 0. The van der Waals surface area contributed by atoms with Crippen LogP contribution in [0, 0.1) is 0 Å². The van der Waals surface area contributed by atoms with E-state index in [0.29, 0.717) is 0 Å². The Hall–Kier alpha value is -0.643. The standard InChI is InChI=1S/C12H18O2Si/c1-12(11-7-4-3-5-8-11)9-6-10-15(2,13)14-12/h3-5,7-8,13H,6,9-10H2,1-2H3. The summed E-state index contributed by atoms with van der Waals surface area (Å²) in [6.07, 6.45) is 2.06. The van der Waals surface area contributed by atoms with E-state index in [4.69, 9.17) is 4.43 Å². The van der Waals surface area contributed by atoms with Gasteiger partial charge < -0.3 is 9.22 Å². The molecule has 2 nitrogen and oxygen atoms in total. The van der Waals surface area contributed by atoms with Gasteiger partial charge in [0.2, 0.25) is 0 Å². The van der Waals surface area contributed by atoms with Gasteiger partial charge in [-0.05, 0) is 37.9 Å². The lowest BCUT2D eigenvalue weighted by molar-refractivity contribution is 0.0221. The van der Waals surface area contributed by atoms with E-state index in [-0.39, 0.29) is 5.60 Å². The van der Waals surface area contributed by atoms with Crippen LogP contribution in [-0.4, -0.2) is 13.4 Å². The summed E-state index contributed by atoms with van der Waals surface area (Å²) in [7, 11) is -2.41. The van der Waals surface area contributed by atoms with E-state index in [2.05, 4.69) is 19.1 Å². The van der Waals surface area contributed by atoms with Gasteiger partial charge in [-0.1, -0.05) is 30.3 Å². The SMILES string of the molecule is CC1(c2ccccc2)CCC[Si](C)(O)O1. The molecule has 1 N–H and O–H groups in total. The molecule has 15 heavy (non-hydrogen) atoms. The van der Waals surface area contributed by atoms with Gasteiger partial charge in [0, 0.05) is 0 Å². The lowest BCUT2D eigenvalue weighted by atomic mass is 9.91. The zero-order valence-corrected chi connectivity index (χ0v) is 10.4. The molecule has 0 aliphatic carbocycles. The van der Waals surface area contributed by atoms with Gasteiger partial charge in [-0.2, -0.15) is 0 Å². The molecule has 0 radical (unpaired) electrons. The predicted molar refractivity (Wildman–Crippen MR) is 62.8 cm³/mol. The van der Waals surface area contributed by atoms with Crippen molar-refractivity contribution in [2.24, 2.45) is 0 Å². The van der Waals surface area contributed by atoms with Crippen LogP contribution in [0.5, 0.6) is 0 Å². The molecule has 1 fully saturated rings. The van der Waals surface area contributed by atoms with E-state index in [1.165, 1.54) is 5.56 Å². The fourth-order valence-corrected chi connectivity index (χ4v) is 4.46. The van der Waals surface area contributed by atoms with Crippen LogP contribution in [0.3, 0.4) is 0 Å². The van der Waals surface area contributed by atoms with Gasteiger partial charge in [0.15, 0.2) is 0 Å². The average molecular weight is 222 g/mol. The molecule has 0 amide bonds. The van der Waals surface area contributed by atoms with Crippen molar-refractivity contribution < 1.29 is 9.22 Å². The van der Waals surface area contributed by atoms with Crippen LogP contribution < -0.4 is 0 Å². The fraction of sp³-hybridized carbons (Fsp3) is 0.500. The Morgan fingerprint density at radius 1 is 1.33 bits per heavy atom. The van der Waals surface area contributed by atoms with Crippen molar-refractivity contribution in [3.63, 3.8) is 0 Å². The molecule has 2 atom stereocenters. The maximum absolute atomic E-state index is 10.1. The first-order valence-electron chi connectivity index (χ1n) is 5.50. The summed E-state index contributed by atoms with van der Waals surface area (Å²) < 4.78 is 5.94. The Kier molecular flexibility index (Phi) is 2.71. The van der Waals surface area contributed by atoms with Gasteiger partial charge in [0.1, 0.15) is 0 Å². The van der Waals surface area contributed by atoms with Crippen molar-refractivity contribution >= 4 is 8.56 Å². The third-order valence-electron chi connectivity index (χ3n) is 3.12. The van der Waals surface area contributed by atoms with Gasteiger partial charge in [-0.15, -0.1) is 0 Å². The van der Waals surface area contributed by atoms with Crippen LogP contribution in [0.4, 0.5) is 0 Å². The third-order valence-corrected chi connectivity index (χ3v) is 5.30. The minimum absolute atomic E-state index is 0.283. The summed E-state index contributed by atoms with van der Waals surface area (Å²) in [5.41, 5.74) is 0.896.